The predicted molar refractivity (Wildman–Crippen MR) is 31.4 cm³/mol. The van der Waals surface area contributed by atoms with E-state index in [2.05, 4.69) is 9.14 Å². The Kier molecular flexibility index (Phi) is 27.1. The second kappa shape index (κ2) is 14.4. The molecular weight excluding hydrogens is 249 g/mol. The van der Waals surface area contributed by atoms with Crippen molar-refractivity contribution in [2.75, 3.05) is 0 Å². The summed E-state index contributed by atoms with van der Waals surface area (Å²) in [6, 6.07) is 0. The molecule has 0 saturated heterocycles. The summed E-state index contributed by atoms with van der Waals surface area (Å²) in [6.45, 7) is 0. The number of hydrogen-bond acceptors (Lipinski definition) is 8. The summed E-state index contributed by atoms with van der Waals surface area (Å²) in [5, 5.41) is 29.1. The molecule has 0 aromatic heterocycles. The van der Waals surface area contributed by atoms with Gasteiger partial charge < -0.3 is 12.9 Å². The molecule has 0 unspecified atom stereocenters. The molecule has 0 spiro atoms. The molecule has 0 amide bonds. The summed E-state index contributed by atoms with van der Waals surface area (Å²) in [6.07, 6.45) is 0. The smallest absolute Gasteiger partial charge is 1.00 e. The van der Waals surface area contributed by atoms with E-state index in [4.69, 9.17) is 33.5 Å². The summed E-state index contributed by atoms with van der Waals surface area (Å²) in [4.78, 5) is 2.86. The third kappa shape index (κ3) is 40.5. The molecule has 0 radical (unpaired) electrons. The van der Waals surface area contributed by atoms with Gasteiger partial charge in [-0.25, -0.2) is 10.1 Å². The maximum Gasteiger partial charge on any atom is 1.00 e. The van der Waals surface area contributed by atoms with E-state index in [-0.39, 0.29) is 83.8 Å². The molecule has 0 saturated carbocycles. The molecule has 0 fully saturated rings. The van der Waals surface area contributed by atoms with E-state index in [1.165, 1.54) is 0 Å². The molecule has 5 N–H and O–H groups in total. The zero-order valence-electron chi connectivity index (χ0n) is 8.85. The minimum absolute atomic E-state index is 0. The first-order valence-electron chi connectivity index (χ1n) is 1.80. The van der Waals surface area contributed by atoms with Gasteiger partial charge in [0.05, 0.1) is 0 Å². The zero-order chi connectivity index (χ0) is 9.49. The molecule has 13 heteroatoms. The fourth-order valence-electron chi connectivity index (χ4n) is 0. The molecule has 13 heavy (non-hydrogen) atoms. The minimum Gasteiger partial charge on any atom is -1.00 e. The molecule has 0 heterocycles. The van der Waals surface area contributed by atoms with Gasteiger partial charge in [0.2, 0.25) is 0 Å². The average Bonchev–Trinajstić information content (AvgIpc) is 1.88. The number of hydrogen-bond donors (Lipinski definition) is 5. The van der Waals surface area contributed by atoms with Crippen LogP contribution in [0.2, 0.25) is 0 Å². The molecule has 0 atom stereocenters. The summed E-state index contributed by atoms with van der Waals surface area (Å²) in [5.74, 6) is 0. The maximum absolute atomic E-state index is 9.08. The fraction of sp³-hybridized carbons (Fsp3) is 0. The van der Waals surface area contributed by atoms with Gasteiger partial charge in [0.25, 0.3) is 0 Å². The van der Waals surface area contributed by atoms with Gasteiger partial charge in [-0.15, -0.1) is 0 Å². The van der Waals surface area contributed by atoms with Crippen molar-refractivity contribution in [2.45, 2.75) is 0 Å². The molecule has 0 aromatic rings. The largest absolute Gasteiger partial charge is 1.00 e. The second-order valence-corrected chi connectivity index (χ2v) is 1.94. The van der Waals surface area contributed by atoms with Gasteiger partial charge in [-0.1, -0.05) is 4.33 Å². The predicted octanol–water partition coefficient (Wildman–Crippen LogP) is -8.04. The molecule has 0 aliphatic heterocycles. The molecule has 0 rings (SSSR count). The standard InChI is InChI=1S/BH3O4.K.Na.H2O5S.2H/c2-1(3)5-4;;;1-5-6(2,3)4;;/h2-4H;;;1H,(H,2,3,4);;/q;2*+1;;2*-1. The van der Waals surface area contributed by atoms with E-state index in [1.807, 2.05) is 0 Å². The van der Waals surface area contributed by atoms with Crippen molar-refractivity contribution in [1.29, 1.82) is 0 Å². The van der Waals surface area contributed by atoms with Crippen molar-refractivity contribution in [2.24, 2.45) is 0 Å². The third-order valence-electron chi connectivity index (χ3n) is 0.188. The first-order valence-corrected chi connectivity index (χ1v) is 3.16. The second-order valence-electron chi connectivity index (χ2n) is 0.934. The first kappa shape index (κ1) is 24.6. The van der Waals surface area contributed by atoms with Crippen molar-refractivity contribution in [3.05, 3.63) is 0 Å². The van der Waals surface area contributed by atoms with Crippen LogP contribution in [0.25, 0.3) is 0 Å². The van der Waals surface area contributed by atoms with Crippen LogP contribution in [0.4, 0.5) is 0 Å². The molecule has 0 bridgehead atoms. The average molecular weight is 256 g/mol. The van der Waals surface area contributed by atoms with Crippen molar-refractivity contribution < 1.29 is 126 Å². The van der Waals surface area contributed by atoms with Gasteiger partial charge in [-0.2, -0.15) is 8.42 Å². The topological polar surface area (TPSA) is 154 Å². The monoisotopic (exact) mass is 256 g/mol. The summed E-state index contributed by atoms with van der Waals surface area (Å²) >= 11 is 0. The molecule has 72 valence electrons. The van der Waals surface area contributed by atoms with Crippen LogP contribution in [0.5, 0.6) is 0 Å². The Morgan fingerprint density at radius 2 is 1.38 bits per heavy atom. The normalized spacial score (nSPS) is 8.38. The van der Waals surface area contributed by atoms with Crippen molar-refractivity contribution in [3.63, 3.8) is 0 Å². The van der Waals surface area contributed by atoms with E-state index in [0.29, 0.717) is 0 Å². The van der Waals surface area contributed by atoms with E-state index in [0.717, 1.165) is 0 Å². The minimum atomic E-state index is -4.61. The van der Waals surface area contributed by atoms with Crippen LogP contribution >= 0.6 is 0 Å². The fourth-order valence-corrected chi connectivity index (χ4v) is 0. The van der Waals surface area contributed by atoms with Crippen LogP contribution in [0.1, 0.15) is 2.85 Å². The zero-order valence-corrected chi connectivity index (χ0v) is 12.8. The van der Waals surface area contributed by atoms with Crippen LogP contribution < -0.4 is 80.9 Å². The third-order valence-corrected chi connectivity index (χ3v) is 0.377. The Hall–Kier alpha value is 2.37. The molecule has 0 aliphatic rings. The van der Waals surface area contributed by atoms with Crippen LogP contribution in [-0.2, 0) is 19.5 Å². The Labute approximate surface area is 142 Å². The van der Waals surface area contributed by atoms with Gasteiger partial charge in [0.1, 0.15) is 0 Å². The Morgan fingerprint density at radius 3 is 1.38 bits per heavy atom. The molecule has 0 aliphatic carbocycles. The quantitative estimate of drug-likeness (QED) is 0.140. The van der Waals surface area contributed by atoms with E-state index < -0.39 is 17.7 Å². The van der Waals surface area contributed by atoms with Gasteiger partial charge in [0.15, 0.2) is 0 Å². The first-order chi connectivity index (χ1) is 4.83. The van der Waals surface area contributed by atoms with Gasteiger partial charge >= 0.3 is 98.7 Å². The SMILES string of the molecule is O=S(=O)(O)OO.OOB(O)O.[H-].[H-].[K+].[Na+]. The van der Waals surface area contributed by atoms with Crippen molar-refractivity contribution in [1.82, 2.24) is 0 Å². The van der Waals surface area contributed by atoms with Gasteiger partial charge in [-0.05, 0) is 0 Å². The Balaban J connectivity index is -0.0000000215. The Bertz CT molecular complexity index is 173. The summed E-state index contributed by atoms with van der Waals surface area (Å²) < 4.78 is 28.0. The van der Waals surface area contributed by atoms with Crippen molar-refractivity contribution in [3.8, 4) is 0 Å². The summed E-state index contributed by atoms with van der Waals surface area (Å²) in [7, 11) is -6.67. The van der Waals surface area contributed by atoms with E-state index >= 15 is 0 Å². The van der Waals surface area contributed by atoms with Crippen molar-refractivity contribution >= 4 is 17.7 Å². The van der Waals surface area contributed by atoms with E-state index in [1.54, 1.807) is 0 Å². The molecular formula is H7BKNaO9S. The molecule has 9 nitrogen and oxygen atoms in total. The van der Waals surface area contributed by atoms with Gasteiger partial charge in [0, 0.05) is 0 Å². The van der Waals surface area contributed by atoms with Crippen LogP contribution in [0.15, 0.2) is 0 Å². The van der Waals surface area contributed by atoms with E-state index in [9.17, 15) is 0 Å². The maximum atomic E-state index is 9.08. The van der Waals surface area contributed by atoms with Gasteiger partial charge in [-0.3, -0.25) is 9.81 Å². The van der Waals surface area contributed by atoms with Crippen LogP contribution in [0.3, 0.4) is 0 Å². The summed E-state index contributed by atoms with van der Waals surface area (Å²) in [5.41, 5.74) is 0. The number of rotatable bonds is 2. The van der Waals surface area contributed by atoms with Crippen LogP contribution in [-0.4, -0.2) is 40.9 Å². The Morgan fingerprint density at radius 1 is 1.23 bits per heavy atom. The van der Waals surface area contributed by atoms with Crippen LogP contribution in [0, 0.1) is 0 Å². The molecule has 0 aromatic carbocycles.